The van der Waals surface area contributed by atoms with Crippen molar-refractivity contribution in [1.29, 1.82) is 0 Å². The maximum Gasteiger partial charge on any atom is 0.285 e. The number of carbonyl (C=O) groups excluding carboxylic acids is 2. The first kappa shape index (κ1) is 19.6. The molecule has 27 heavy (non-hydrogen) atoms. The molecule has 1 aliphatic heterocycles. The molecule has 2 aromatic carbocycles. The molecule has 0 bridgehead atoms. The number of nitrogens with zero attached hydrogens (tertiary/aromatic N) is 1. The van der Waals surface area contributed by atoms with E-state index in [-0.39, 0.29) is 15.8 Å². The zero-order valence-electron chi connectivity index (χ0n) is 14.8. The van der Waals surface area contributed by atoms with Crippen LogP contribution in [0.5, 0.6) is 0 Å². The van der Waals surface area contributed by atoms with Gasteiger partial charge in [0.2, 0.25) is 0 Å². The monoisotopic (exact) mass is 416 g/mol. The summed E-state index contributed by atoms with van der Waals surface area (Å²) >= 11 is 12.5. The molecule has 0 aliphatic carbocycles. The maximum absolute atomic E-state index is 12.7. The highest BCUT2D eigenvalue weighted by atomic mass is 35.5. The van der Waals surface area contributed by atoms with E-state index in [9.17, 15) is 9.59 Å². The summed E-state index contributed by atoms with van der Waals surface area (Å²) in [5.41, 5.74) is 5.91. The molecule has 1 heterocycles. The van der Waals surface area contributed by atoms with Crippen molar-refractivity contribution < 1.29 is 9.59 Å². The van der Waals surface area contributed by atoms with Crippen molar-refractivity contribution in [3.63, 3.8) is 0 Å². The molecule has 0 aromatic heterocycles. The van der Waals surface area contributed by atoms with Gasteiger partial charge in [0.1, 0.15) is 0 Å². The van der Waals surface area contributed by atoms with Gasteiger partial charge in [-0.1, -0.05) is 60.6 Å². The second kappa shape index (κ2) is 8.25. The molecule has 1 N–H and O–H groups in total. The fraction of sp³-hybridized carbons (Fsp3) is 0.150. The summed E-state index contributed by atoms with van der Waals surface area (Å²) in [6.45, 7) is 3.97. The number of halogens is 1. The number of benzene rings is 2. The molecule has 0 radical (unpaired) electrons. The Kier molecular flexibility index (Phi) is 5.99. The van der Waals surface area contributed by atoms with E-state index in [4.69, 9.17) is 23.8 Å². The van der Waals surface area contributed by atoms with Crippen LogP contribution < -0.4 is 5.43 Å². The average Bonchev–Trinajstić information content (AvgIpc) is 2.89. The van der Waals surface area contributed by atoms with Gasteiger partial charge in [-0.25, -0.2) is 0 Å². The van der Waals surface area contributed by atoms with E-state index in [0.717, 1.165) is 34.3 Å². The average molecular weight is 417 g/mol. The highest BCUT2D eigenvalue weighted by Gasteiger charge is 2.34. The summed E-state index contributed by atoms with van der Waals surface area (Å²) in [5.74, 6) is -0.842. The molecule has 7 heteroatoms. The van der Waals surface area contributed by atoms with Crippen LogP contribution in [-0.2, 0) is 11.2 Å². The van der Waals surface area contributed by atoms with Crippen LogP contribution in [0, 0.1) is 6.92 Å². The summed E-state index contributed by atoms with van der Waals surface area (Å²) in [6, 6.07) is 13.1. The number of thioether (sulfide) groups is 1. The van der Waals surface area contributed by atoms with Crippen molar-refractivity contribution in [1.82, 2.24) is 10.4 Å². The van der Waals surface area contributed by atoms with Crippen molar-refractivity contribution in [2.24, 2.45) is 0 Å². The number of nitrogens with one attached hydrogen (secondary N) is 1. The van der Waals surface area contributed by atoms with Crippen LogP contribution in [0.2, 0.25) is 5.02 Å². The summed E-state index contributed by atoms with van der Waals surface area (Å²) in [4.78, 5) is 25.6. The molecular weight excluding hydrogens is 400 g/mol. The van der Waals surface area contributed by atoms with E-state index in [1.165, 1.54) is 5.56 Å². The minimum atomic E-state index is -0.482. The molecule has 0 unspecified atom stereocenters. The van der Waals surface area contributed by atoms with Gasteiger partial charge in [-0.05, 0) is 60.5 Å². The third kappa shape index (κ3) is 4.40. The number of hydrazine groups is 1. The smallest absolute Gasteiger partial charge is 0.267 e. The summed E-state index contributed by atoms with van der Waals surface area (Å²) < 4.78 is 0.271. The molecule has 0 atom stereocenters. The topological polar surface area (TPSA) is 49.4 Å². The van der Waals surface area contributed by atoms with Gasteiger partial charge in [-0.3, -0.25) is 15.0 Å². The Labute approximate surface area is 172 Å². The highest BCUT2D eigenvalue weighted by molar-refractivity contribution is 8.26. The van der Waals surface area contributed by atoms with Crippen LogP contribution in [0.1, 0.15) is 34.0 Å². The van der Waals surface area contributed by atoms with E-state index in [2.05, 4.69) is 12.3 Å². The Bertz CT molecular complexity index is 955. The first-order chi connectivity index (χ1) is 12.9. The van der Waals surface area contributed by atoms with E-state index < -0.39 is 5.91 Å². The van der Waals surface area contributed by atoms with Gasteiger partial charge in [-0.2, -0.15) is 5.01 Å². The number of amides is 2. The van der Waals surface area contributed by atoms with Crippen LogP contribution in [0.25, 0.3) is 6.08 Å². The molecule has 0 saturated carbocycles. The minimum Gasteiger partial charge on any atom is -0.267 e. The summed E-state index contributed by atoms with van der Waals surface area (Å²) in [7, 11) is 0. The lowest BCUT2D eigenvalue weighted by molar-refractivity contribution is -0.123. The predicted octanol–water partition coefficient (Wildman–Crippen LogP) is 4.76. The molecule has 0 spiro atoms. The quantitative estimate of drug-likeness (QED) is 0.576. The number of aryl methyl sites for hydroxylation is 2. The van der Waals surface area contributed by atoms with E-state index in [0.29, 0.717) is 9.93 Å². The number of hydrogen-bond acceptors (Lipinski definition) is 4. The lowest BCUT2D eigenvalue weighted by Crippen LogP contribution is -2.44. The Balaban J connectivity index is 1.77. The third-order valence-electron chi connectivity index (χ3n) is 4.06. The summed E-state index contributed by atoms with van der Waals surface area (Å²) in [5, 5.41) is 1.41. The normalized spacial score (nSPS) is 15.5. The van der Waals surface area contributed by atoms with E-state index >= 15 is 0 Å². The number of hydrogen-bond donors (Lipinski definition) is 1. The lowest BCUT2D eigenvalue weighted by atomic mass is 10.1. The molecule has 4 nitrogen and oxygen atoms in total. The second-order valence-electron chi connectivity index (χ2n) is 6.04. The van der Waals surface area contributed by atoms with Crippen molar-refractivity contribution in [2.45, 2.75) is 20.3 Å². The van der Waals surface area contributed by atoms with Gasteiger partial charge in [0.25, 0.3) is 11.8 Å². The Morgan fingerprint density at radius 2 is 1.96 bits per heavy atom. The number of thiocarbonyl (C=S) groups is 1. The molecule has 2 amide bonds. The molecule has 2 aromatic rings. The van der Waals surface area contributed by atoms with Gasteiger partial charge in [0.15, 0.2) is 4.32 Å². The first-order valence-electron chi connectivity index (χ1n) is 8.33. The molecular formula is C20H17ClN2O2S2. The Morgan fingerprint density at radius 1 is 1.26 bits per heavy atom. The van der Waals surface area contributed by atoms with Gasteiger partial charge >= 0.3 is 0 Å². The van der Waals surface area contributed by atoms with E-state index in [1.807, 2.05) is 31.2 Å². The maximum atomic E-state index is 12.7. The standard InChI is InChI=1S/C20H17ClN2O2S2/c1-3-13-5-7-14(8-6-13)11-17-19(25)23(20(26)27-17)22-18(24)15-9-4-12(2)10-16(15)21/h4-11H,3H2,1-2H3,(H,22,24)/b17-11-. The van der Waals surface area contributed by atoms with Crippen molar-refractivity contribution in [3.05, 3.63) is 74.6 Å². The van der Waals surface area contributed by atoms with Crippen LogP contribution in [0.3, 0.4) is 0 Å². The van der Waals surface area contributed by atoms with Gasteiger partial charge in [0, 0.05) is 0 Å². The first-order valence-corrected chi connectivity index (χ1v) is 9.93. The third-order valence-corrected chi connectivity index (χ3v) is 5.68. The molecule has 1 aliphatic rings. The molecule has 3 rings (SSSR count). The van der Waals surface area contributed by atoms with Gasteiger partial charge < -0.3 is 0 Å². The highest BCUT2D eigenvalue weighted by Crippen LogP contribution is 2.31. The van der Waals surface area contributed by atoms with Crippen LogP contribution in [-0.4, -0.2) is 21.1 Å². The van der Waals surface area contributed by atoms with Gasteiger partial charge in [0.05, 0.1) is 15.5 Å². The fourth-order valence-electron chi connectivity index (χ4n) is 2.53. The molecule has 1 fully saturated rings. The fourth-order valence-corrected chi connectivity index (χ4v) is 4.03. The van der Waals surface area contributed by atoms with Crippen LogP contribution >= 0.6 is 35.6 Å². The van der Waals surface area contributed by atoms with Crippen molar-refractivity contribution >= 4 is 57.8 Å². The van der Waals surface area contributed by atoms with Crippen LogP contribution in [0.15, 0.2) is 47.4 Å². The lowest BCUT2D eigenvalue weighted by Gasteiger charge is -2.16. The van der Waals surface area contributed by atoms with Crippen LogP contribution in [0.4, 0.5) is 0 Å². The van der Waals surface area contributed by atoms with E-state index in [1.54, 1.807) is 24.3 Å². The molecule has 138 valence electrons. The largest absolute Gasteiger partial charge is 0.285 e. The summed E-state index contributed by atoms with van der Waals surface area (Å²) in [6.07, 6.45) is 2.72. The SMILES string of the molecule is CCc1ccc(/C=C2\SC(=S)N(NC(=O)c3ccc(C)cc3Cl)C2=O)cc1. The number of carbonyl (C=O) groups is 2. The molecule has 1 saturated heterocycles. The zero-order chi connectivity index (χ0) is 19.6. The van der Waals surface area contributed by atoms with Crippen molar-refractivity contribution in [2.75, 3.05) is 0 Å². The Hall–Kier alpha value is -2.15. The Morgan fingerprint density at radius 3 is 2.59 bits per heavy atom. The number of rotatable bonds is 4. The predicted molar refractivity (Wildman–Crippen MR) is 114 cm³/mol. The van der Waals surface area contributed by atoms with Gasteiger partial charge in [-0.15, -0.1) is 0 Å². The van der Waals surface area contributed by atoms with Crippen molar-refractivity contribution in [3.8, 4) is 0 Å². The zero-order valence-corrected chi connectivity index (χ0v) is 17.2. The second-order valence-corrected chi connectivity index (χ2v) is 8.12. The minimum absolute atomic E-state index is 0.271.